The third kappa shape index (κ3) is 3.19. The van der Waals surface area contributed by atoms with E-state index >= 15 is 0 Å². The standard InChI is InChI=1S/C25H29N5O2/c1-16-9-10-22-23(26-16)30(25(32)24(31)28(22)4)18-11-13-29(14-12-18)15-20-17(2)27(3)21-8-6-5-7-19(20)21/h5-10,18H,11-15H2,1-4H3. The van der Waals surface area contributed by atoms with Gasteiger partial charge in [0.1, 0.15) is 0 Å². The summed E-state index contributed by atoms with van der Waals surface area (Å²) in [5.41, 5.74) is 5.12. The fourth-order valence-corrected chi connectivity index (χ4v) is 5.12. The van der Waals surface area contributed by atoms with E-state index in [0.29, 0.717) is 11.2 Å². The largest absolute Gasteiger partial charge is 0.348 e. The zero-order valence-electron chi connectivity index (χ0n) is 19.1. The molecule has 0 bridgehead atoms. The van der Waals surface area contributed by atoms with Gasteiger partial charge in [0.25, 0.3) is 0 Å². The van der Waals surface area contributed by atoms with E-state index in [9.17, 15) is 9.59 Å². The summed E-state index contributed by atoms with van der Waals surface area (Å²) in [5.74, 6) is 0. The minimum atomic E-state index is -0.489. The average molecular weight is 432 g/mol. The molecule has 1 aliphatic heterocycles. The molecule has 0 atom stereocenters. The van der Waals surface area contributed by atoms with Crippen LogP contribution in [0.3, 0.4) is 0 Å². The van der Waals surface area contributed by atoms with Gasteiger partial charge < -0.3 is 9.13 Å². The van der Waals surface area contributed by atoms with E-state index in [1.54, 1.807) is 11.6 Å². The fraction of sp³-hybridized carbons (Fsp3) is 0.400. The van der Waals surface area contributed by atoms with Crippen LogP contribution < -0.4 is 11.1 Å². The number of aryl methyl sites for hydroxylation is 3. The van der Waals surface area contributed by atoms with Gasteiger partial charge in [0.15, 0.2) is 5.65 Å². The predicted octanol–water partition coefficient (Wildman–Crippen LogP) is 3.04. The average Bonchev–Trinajstić information content (AvgIpc) is 3.04. The quantitative estimate of drug-likeness (QED) is 0.468. The molecule has 0 unspecified atom stereocenters. The summed E-state index contributed by atoms with van der Waals surface area (Å²) in [5, 5.41) is 1.31. The van der Waals surface area contributed by atoms with Gasteiger partial charge in [0, 0.05) is 62.1 Å². The number of para-hydroxylation sites is 1. The van der Waals surface area contributed by atoms with Crippen LogP contribution in [0.15, 0.2) is 46.0 Å². The number of rotatable bonds is 3. The second kappa shape index (κ2) is 7.74. The number of aromatic nitrogens is 4. The number of likely N-dealkylation sites (tertiary alicyclic amines) is 1. The van der Waals surface area contributed by atoms with Crippen molar-refractivity contribution in [2.75, 3.05) is 13.1 Å². The Morgan fingerprint density at radius 1 is 0.906 bits per heavy atom. The Hall–Kier alpha value is -3.19. The van der Waals surface area contributed by atoms with Gasteiger partial charge in [-0.1, -0.05) is 18.2 Å². The summed E-state index contributed by atoms with van der Waals surface area (Å²) < 4.78 is 5.33. The number of fused-ring (bicyclic) bond motifs is 2. The van der Waals surface area contributed by atoms with Crippen LogP contribution in [0, 0.1) is 13.8 Å². The van der Waals surface area contributed by atoms with E-state index in [1.807, 2.05) is 19.1 Å². The Labute approximate surface area is 186 Å². The molecule has 0 N–H and O–H groups in total. The maximum Gasteiger partial charge on any atom is 0.318 e. The third-order valence-electron chi connectivity index (χ3n) is 7.12. The van der Waals surface area contributed by atoms with Crippen molar-refractivity contribution in [1.29, 1.82) is 0 Å². The van der Waals surface area contributed by atoms with Gasteiger partial charge in [0.2, 0.25) is 0 Å². The number of hydrogen-bond acceptors (Lipinski definition) is 4. The zero-order valence-corrected chi connectivity index (χ0v) is 19.1. The maximum absolute atomic E-state index is 13.0. The molecule has 7 heteroatoms. The first-order valence-corrected chi connectivity index (χ1v) is 11.2. The van der Waals surface area contributed by atoms with Crippen LogP contribution in [0.5, 0.6) is 0 Å². The smallest absolute Gasteiger partial charge is 0.318 e. The maximum atomic E-state index is 13.0. The summed E-state index contributed by atoms with van der Waals surface area (Å²) in [6.45, 7) is 6.74. The monoisotopic (exact) mass is 431 g/mol. The summed E-state index contributed by atoms with van der Waals surface area (Å²) in [6.07, 6.45) is 1.64. The van der Waals surface area contributed by atoms with Gasteiger partial charge >= 0.3 is 11.1 Å². The first-order valence-electron chi connectivity index (χ1n) is 11.2. The van der Waals surface area contributed by atoms with E-state index in [1.165, 1.54) is 26.7 Å². The lowest BCUT2D eigenvalue weighted by Gasteiger charge is -2.33. The van der Waals surface area contributed by atoms with E-state index < -0.39 is 11.1 Å². The number of nitrogens with zero attached hydrogens (tertiary/aromatic N) is 5. The lowest BCUT2D eigenvalue weighted by Crippen LogP contribution is -2.45. The first-order chi connectivity index (χ1) is 15.4. The molecule has 3 aromatic heterocycles. The lowest BCUT2D eigenvalue weighted by molar-refractivity contribution is 0.179. The fourth-order valence-electron chi connectivity index (χ4n) is 5.12. The molecule has 0 aliphatic carbocycles. The van der Waals surface area contributed by atoms with E-state index in [-0.39, 0.29) is 6.04 Å². The highest BCUT2D eigenvalue weighted by molar-refractivity contribution is 5.85. The van der Waals surface area contributed by atoms with Crippen LogP contribution in [0.25, 0.3) is 22.1 Å². The Morgan fingerprint density at radius 3 is 2.38 bits per heavy atom. The number of hydrogen-bond donors (Lipinski definition) is 0. The van der Waals surface area contributed by atoms with Crippen molar-refractivity contribution in [3.05, 3.63) is 74.1 Å². The molecule has 4 aromatic rings. The van der Waals surface area contributed by atoms with Gasteiger partial charge in [-0.2, -0.15) is 0 Å². The van der Waals surface area contributed by atoms with Crippen molar-refractivity contribution < 1.29 is 0 Å². The van der Waals surface area contributed by atoms with Gasteiger partial charge in [-0.05, 0) is 50.5 Å². The molecule has 166 valence electrons. The molecule has 1 aliphatic rings. The van der Waals surface area contributed by atoms with Crippen molar-refractivity contribution in [1.82, 2.24) is 23.6 Å². The minimum absolute atomic E-state index is 0.0157. The molecule has 1 aromatic carbocycles. The molecule has 32 heavy (non-hydrogen) atoms. The number of piperidine rings is 1. The zero-order chi connectivity index (χ0) is 22.6. The molecule has 5 rings (SSSR count). The topological polar surface area (TPSA) is 65.1 Å². The summed E-state index contributed by atoms with van der Waals surface area (Å²) in [7, 11) is 3.76. The summed E-state index contributed by atoms with van der Waals surface area (Å²) in [4.78, 5) is 32.6. The van der Waals surface area contributed by atoms with Crippen molar-refractivity contribution in [3.8, 4) is 0 Å². The Bertz CT molecular complexity index is 1450. The van der Waals surface area contributed by atoms with Crippen LogP contribution in [0.1, 0.15) is 35.8 Å². The van der Waals surface area contributed by atoms with E-state index in [4.69, 9.17) is 0 Å². The highest BCUT2D eigenvalue weighted by Gasteiger charge is 2.26. The molecule has 4 heterocycles. The molecule has 0 spiro atoms. The number of pyridine rings is 1. The Balaban J connectivity index is 1.44. The normalized spacial score (nSPS) is 15.8. The minimum Gasteiger partial charge on any atom is -0.348 e. The molecular weight excluding hydrogens is 402 g/mol. The van der Waals surface area contributed by atoms with Crippen molar-refractivity contribution >= 4 is 22.1 Å². The molecule has 0 saturated carbocycles. The predicted molar refractivity (Wildman–Crippen MR) is 127 cm³/mol. The van der Waals surface area contributed by atoms with Crippen LogP contribution in [0.4, 0.5) is 0 Å². The van der Waals surface area contributed by atoms with Crippen molar-refractivity contribution in [3.63, 3.8) is 0 Å². The summed E-state index contributed by atoms with van der Waals surface area (Å²) >= 11 is 0. The second-order valence-electron chi connectivity index (χ2n) is 8.98. The van der Waals surface area contributed by atoms with E-state index in [0.717, 1.165) is 38.2 Å². The molecule has 1 saturated heterocycles. The second-order valence-corrected chi connectivity index (χ2v) is 8.98. The van der Waals surface area contributed by atoms with E-state index in [2.05, 4.69) is 52.7 Å². The third-order valence-corrected chi connectivity index (χ3v) is 7.12. The van der Waals surface area contributed by atoms with Gasteiger partial charge in [-0.3, -0.25) is 19.1 Å². The molecular formula is C25H29N5O2. The highest BCUT2D eigenvalue weighted by atomic mass is 16.2. The number of benzene rings is 1. The van der Waals surface area contributed by atoms with Crippen LogP contribution in [-0.2, 0) is 20.6 Å². The Kier molecular flexibility index (Phi) is 5.01. The lowest BCUT2D eigenvalue weighted by atomic mass is 10.0. The van der Waals surface area contributed by atoms with Crippen molar-refractivity contribution in [2.24, 2.45) is 14.1 Å². The van der Waals surface area contributed by atoms with Gasteiger partial charge in [-0.25, -0.2) is 4.98 Å². The molecule has 7 nitrogen and oxygen atoms in total. The van der Waals surface area contributed by atoms with Crippen LogP contribution >= 0.6 is 0 Å². The van der Waals surface area contributed by atoms with Crippen LogP contribution in [0.2, 0.25) is 0 Å². The summed E-state index contributed by atoms with van der Waals surface area (Å²) in [6, 6.07) is 12.3. The molecule has 0 amide bonds. The van der Waals surface area contributed by atoms with Crippen molar-refractivity contribution in [2.45, 2.75) is 39.3 Å². The molecule has 1 fully saturated rings. The Morgan fingerprint density at radius 2 is 1.62 bits per heavy atom. The van der Waals surface area contributed by atoms with Gasteiger partial charge in [-0.15, -0.1) is 0 Å². The van der Waals surface area contributed by atoms with Crippen LogP contribution in [-0.4, -0.2) is 36.7 Å². The first kappa shape index (κ1) is 20.7. The highest BCUT2D eigenvalue weighted by Crippen LogP contribution is 2.29. The molecule has 0 radical (unpaired) electrons. The SMILES string of the molecule is Cc1ccc2c(n1)n(C1CCN(Cc3c(C)n(C)c4ccccc34)CC1)c(=O)c(=O)n2C. The van der Waals surface area contributed by atoms with Gasteiger partial charge in [0.05, 0.1) is 5.52 Å².